The van der Waals surface area contributed by atoms with Gasteiger partial charge in [0.25, 0.3) is 0 Å². The minimum absolute atomic E-state index is 0.365. The fourth-order valence-electron chi connectivity index (χ4n) is 1.68. The number of alkyl carbamates (subject to hydrolysis) is 1. The largest absolute Gasteiger partial charge is 0.453 e. The molecule has 0 spiro atoms. The Hall–Kier alpha value is -0.593. The van der Waals surface area contributed by atoms with Crippen LogP contribution in [0.25, 0.3) is 0 Å². The van der Waals surface area contributed by atoms with Gasteiger partial charge in [-0.05, 0) is 12.8 Å². The smallest absolute Gasteiger partial charge is 0.406 e. The highest BCUT2D eigenvalue weighted by atomic mass is 28.3. The van der Waals surface area contributed by atoms with Crippen LogP contribution in [0.2, 0.25) is 5.54 Å². The van der Waals surface area contributed by atoms with Crippen molar-refractivity contribution in [3.63, 3.8) is 0 Å². The molecule has 0 bridgehead atoms. The van der Waals surface area contributed by atoms with E-state index in [-0.39, 0.29) is 6.09 Å². The monoisotopic (exact) mass is 262 g/mol. The van der Waals surface area contributed by atoms with Gasteiger partial charge in [0.15, 0.2) is 0 Å². The van der Waals surface area contributed by atoms with Crippen molar-refractivity contribution < 1.29 is 18.4 Å². The van der Waals surface area contributed by atoms with Gasteiger partial charge in [-0.3, -0.25) is 0 Å². The molecule has 0 fully saturated rings. The van der Waals surface area contributed by atoms with E-state index in [2.05, 4.69) is 17.0 Å². The minimum Gasteiger partial charge on any atom is -0.453 e. The average Bonchev–Trinajstić information content (AvgIpc) is 2.36. The van der Waals surface area contributed by atoms with Crippen molar-refractivity contribution in [1.82, 2.24) is 5.32 Å². The minimum atomic E-state index is -1.13. The first kappa shape index (κ1) is 16.4. The van der Waals surface area contributed by atoms with E-state index in [9.17, 15) is 4.79 Å². The molecule has 5 nitrogen and oxygen atoms in total. The van der Waals surface area contributed by atoms with Crippen molar-refractivity contribution in [2.75, 3.05) is 27.9 Å². The van der Waals surface area contributed by atoms with E-state index in [0.29, 0.717) is 12.1 Å². The zero-order valence-electron chi connectivity index (χ0n) is 11.2. The summed E-state index contributed by atoms with van der Waals surface area (Å²) in [7, 11) is 3.65. The van der Waals surface area contributed by atoms with E-state index in [4.69, 9.17) is 8.85 Å². The molecule has 0 saturated heterocycles. The SMILES string of the molecule is CCC(CCCCNC(=O)OC)[Si](OC)OC. The molecule has 1 unspecified atom stereocenters. The molecule has 0 aliphatic heterocycles. The lowest BCUT2D eigenvalue weighted by Crippen LogP contribution is -2.27. The molecule has 6 heteroatoms. The van der Waals surface area contributed by atoms with Crippen LogP contribution in [0.5, 0.6) is 0 Å². The highest BCUT2D eigenvalue weighted by molar-refractivity contribution is 6.46. The first-order valence-electron chi connectivity index (χ1n) is 5.96. The number of amides is 1. The summed E-state index contributed by atoms with van der Waals surface area (Å²) < 4.78 is 15.2. The van der Waals surface area contributed by atoms with Crippen LogP contribution in [-0.2, 0) is 13.6 Å². The van der Waals surface area contributed by atoms with Crippen LogP contribution in [-0.4, -0.2) is 43.3 Å². The number of unbranched alkanes of at least 4 members (excludes halogenated alkanes) is 1. The number of methoxy groups -OCH3 is 1. The number of rotatable bonds is 9. The molecule has 1 radical (unpaired) electrons. The van der Waals surface area contributed by atoms with Crippen molar-refractivity contribution in [3.8, 4) is 0 Å². The molecular weight excluding hydrogens is 238 g/mol. The highest BCUT2D eigenvalue weighted by Crippen LogP contribution is 2.23. The van der Waals surface area contributed by atoms with Crippen molar-refractivity contribution >= 4 is 15.4 Å². The maximum Gasteiger partial charge on any atom is 0.406 e. The molecule has 1 N–H and O–H groups in total. The predicted molar refractivity (Wildman–Crippen MR) is 68.1 cm³/mol. The van der Waals surface area contributed by atoms with Gasteiger partial charge in [0.05, 0.1) is 7.11 Å². The Kier molecular flexibility index (Phi) is 10.2. The van der Waals surface area contributed by atoms with E-state index < -0.39 is 9.28 Å². The molecule has 101 valence electrons. The van der Waals surface area contributed by atoms with Crippen LogP contribution in [0.3, 0.4) is 0 Å². The molecule has 0 saturated carbocycles. The third kappa shape index (κ3) is 7.35. The van der Waals surface area contributed by atoms with Crippen LogP contribution in [0.15, 0.2) is 0 Å². The van der Waals surface area contributed by atoms with E-state index in [0.717, 1.165) is 25.7 Å². The summed E-state index contributed by atoms with van der Waals surface area (Å²) in [4.78, 5) is 10.8. The summed E-state index contributed by atoms with van der Waals surface area (Å²) in [6.45, 7) is 2.81. The van der Waals surface area contributed by atoms with Crippen molar-refractivity contribution in [2.45, 2.75) is 38.1 Å². The maximum atomic E-state index is 10.8. The molecule has 1 amide bonds. The third-order valence-electron chi connectivity index (χ3n) is 2.66. The molecule has 0 aromatic carbocycles. The summed E-state index contributed by atoms with van der Waals surface area (Å²) in [6.07, 6.45) is 3.79. The predicted octanol–water partition coefficient (Wildman–Crippen LogP) is 2.07. The molecular formula is C11H24NO4Si. The fourth-order valence-corrected chi connectivity index (χ4v) is 3.29. The molecule has 0 aromatic rings. The standard InChI is InChI=1S/C11H24NO4Si/c1-5-10(17(15-3)16-4)8-6-7-9-12-11(13)14-2/h10H,5-9H2,1-4H3,(H,12,13). The van der Waals surface area contributed by atoms with Crippen LogP contribution >= 0.6 is 0 Å². The fraction of sp³-hybridized carbons (Fsp3) is 0.909. The molecule has 0 rings (SSSR count). The molecule has 0 aliphatic carbocycles. The lowest BCUT2D eigenvalue weighted by Gasteiger charge is -2.19. The molecule has 1 atom stereocenters. The number of carbonyl (C=O) groups excluding carboxylic acids is 1. The van der Waals surface area contributed by atoms with Gasteiger partial charge in [0.2, 0.25) is 0 Å². The van der Waals surface area contributed by atoms with Gasteiger partial charge >= 0.3 is 15.4 Å². The normalized spacial score (nSPS) is 12.5. The number of nitrogens with one attached hydrogen (secondary N) is 1. The Bertz CT molecular complexity index is 200. The number of hydrogen-bond donors (Lipinski definition) is 1. The first-order chi connectivity index (χ1) is 8.19. The summed E-state index contributed by atoms with van der Waals surface area (Å²) in [6, 6.07) is 0. The van der Waals surface area contributed by atoms with Crippen LogP contribution < -0.4 is 5.32 Å². The van der Waals surface area contributed by atoms with Crippen molar-refractivity contribution in [2.24, 2.45) is 0 Å². The Morgan fingerprint density at radius 2 is 1.88 bits per heavy atom. The Labute approximate surface area is 106 Å². The van der Waals surface area contributed by atoms with Crippen LogP contribution in [0.4, 0.5) is 4.79 Å². The lowest BCUT2D eigenvalue weighted by atomic mass is 10.1. The number of carbonyl (C=O) groups is 1. The van der Waals surface area contributed by atoms with Crippen molar-refractivity contribution in [3.05, 3.63) is 0 Å². The van der Waals surface area contributed by atoms with E-state index in [1.54, 1.807) is 14.2 Å². The number of hydrogen-bond acceptors (Lipinski definition) is 4. The second kappa shape index (κ2) is 10.6. The molecule has 0 aromatic heterocycles. The zero-order chi connectivity index (χ0) is 13.1. The van der Waals surface area contributed by atoms with E-state index >= 15 is 0 Å². The van der Waals surface area contributed by atoms with Gasteiger partial charge < -0.3 is 18.9 Å². The lowest BCUT2D eigenvalue weighted by molar-refractivity contribution is 0.171. The Morgan fingerprint density at radius 3 is 2.35 bits per heavy atom. The Morgan fingerprint density at radius 1 is 1.24 bits per heavy atom. The maximum absolute atomic E-state index is 10.8. The van der Waals surface area contributed by atoms with E-state index in [1.165, 1.54) is 7.11 Å². The summed E-state index contributed by atoms with van der Waals surface area (Å²) in [5.41, 5.74) is 0.508. The quantitative estimate of drug-likeness (QED) is 0.510. The van der Waals surface area contributed by atoms with Gasteiger partial charge in [0, 0.05) is 26.3 Å². The third-order valence-corrected chi connectivity index (χ3v) is 4.83. The highest BCUT2D eigenvalue weighted by Gasteiger charge is 2.23. The van der Waals surface area contributed by atoms with Gasteiger partial charge in [-0.15, -0.1) is 0 Å². The zero-order valence-corrected chi connectivity index (χ0v) is 12.2. The Balaban J connectivity index is 3.66. The summed E-state index contributed by atoms with van der Waals surface area (Å²) in [5.74, 6) is 0. The molecule has 0 heterocycles. The molecule has 17 heavy (non-hydrogen) atoms. The summed E-state index contributed by atoms with van der Waals surface area (Å²) >= 11 is 0. The van der Waals surface area contributed by atoms with Gasteiger partial charge in [0.1, 0.15) is 0 Å². The van der Waals surface area contributed by atoms with E-state index in [1.807, 2.05) is 0 Å². The van der Waals surface area contributed by atoms with Gasteiger partial charge in [-0.25, -0.2) is 4.79 Å². The second-order valence-corrected chi connectivity index (χ2v) is 6.02. The second-order valence-electron chi connectivity index (χ2n) is 3.75. The summed E-state index contributed by atoms with van der Waals surface area (Å²) in [5, 5.41) is 2.67. The van der Waals surface area contributed by atoms with Crippen LogP contribution in [0, 0.1) is 0 Å². The topological polar surface area (TPSA) is 56.8 Å². The average molecular weight is 262 g/mol. The number of ether oxygens (including phenoxy) is 1. The van der Waals surface area contributed by atoms with Gasteiger partial charge in [-0.1, -0.05) is 19.8 Å². The van der Waals surface area contributed by atoms with Crippen LogP contribution in [0.1, 0.15) is 32.6 Å². The van der Waals surface area contributed by atoms with Crippen molar-refractivity contribution in [1.29, 1.82) is 0 Å². The van der Waals surface area contributed by atoms with Gasteiger partial charge in [-0.2, -0.15) is 0 Å². The first-order valence-corrected chi connectivity index (χ1v) is 7.35. The molecule has 0 aliphatic rings.